The van der Waals surface area contributed by atoms with E-state index in [1.165, 1.54) is 15.0 Å². The van der Waals surface area contributed by atoms with Crippen LogP contribution in [0.3, 0.4) is 0 Å². The Kier molecular flexibility index (Phi) is 3.72. The SMILES string of the molecule is COCCNCc1cc2ccccc2s1. The van der Waals surface area contributed by atoms with E-state index in [0.717, 1.165) is 19.7 Å². The zero-order chi connectivity index (χ0) is 10.5. The summed E-state index contributed by atoms with van der Waals surface area (Å²) in [5.74, 6) is 0. The largest absolute Gasteiger partial charge is 0.383 e. The second kappa shape index (κ2) is 5.26. The number of nitrogens with one attached hydrogen (secondary N) is 1. The third kappa shape index (κ3) is 2.78. The molecular formula is C12H15NOS. The van der Waals surface area contributed by atoms with E-state index >= 15 is 0 Å². The van der Waals surface area contributed by atoms with E-state index in [0.29, 0.717) is 0 Å². The van der Waals surface area contributed by atoms with Gasteiger partial charge in [0.1, 0.15) is 0 Å². The topological polar surface area (TPSA) is 21.3 Å². The second-order valence-electron chi connectivity index (χ2n) is 3.42. The predicted molar refractivity (Wildman–Crippen MR) is 65.4 cm³/mol. The van der Waals surface area contributed by atoms with Gasteiger partial charge in [0.15, 0.2) is 0 Å². The highest BCUT2D eigenvalue weighted by molar-refractivity contribution is 7.19. The molecule has 0 unspecified atom stereocenters. The fraction of sp³-hybridized carbons (Fsp3) is 0.333. The zero-order valence-electron chi connectivity index (χ0n) is 8.82. The molecule has 80 valence electrons. The number of hydrogen-bond acceptors (Lipinski definition) is 3. The maximum absolute atomic E-state index is 4.98. The van der Waals surface area contributed by atoms with Crippen molar-refractivity contribution in [1.29, 1.82) is 0 Å². The first-order valence-corrected chi connectivity index (χ1v) is 5.89. The van der Waals surface area contributed by atoms with Crippen LogP contribution >= 0.6 is 11.3 Å². The number of benzene rings is 1. The van der Waals surface area contributed by atoms with Crippen LogP contribution in [0, 0.1) is 0 Å². The molecule has 0 aliphatic rings. The molecule has 0 aliphatic heterocycles. The van der Waals surface area contributed by atoms with Crippen LogP contribution in [0.15, 0.2) is 30.3 Å². The van der Waals surface area contributed by atoms with Crippen molar-refractivity contribution < 1.29 is 4.74 Å². The van der Waals surface area contributed by atoms with Gasteiger partial charge in [-0.05, 0) is 17.5 Å². The Labute approximate surface area is 93.9 Å². The van der Waals surface area contributed by atoms with E-state index in [9.17, 15) is 0 Å². The van der Waals surface area contributed by atoms with Crippen molar-refractivity contribution in [2.45, 2.75) is 6.54 Å². The van der Waals surface area contributed by atoms with Crippen LogP contribution in [0.4, 0.5) is 0 Å². The van der Waals surface area contributed by atoms with Crippen LogP contribution in [0.2, 0.25) is 0 Å². The summed E-state index contributed by atoms with van der Waals surface area (Å²) in [4.78, 5) is 1.38. The van der Waals surface area contributed by atoms with Gasteiger partial charge in [0.2, 0.25) is 0 Å². The Morgan fingerprint density at radius 3 is 3.00 bits per heavy atom. The predicted octanol–water partition coefficient (Wildman–Crippen LogP) is 2.64. The van der Waals surface area contributed by atoms with E-state index in [-0.39, 0.29) is 0 Å². The maximum atomic E-state index is 4.98. The molecule has 0 saturated carbocycles. The van der Waals surface area contributed by atoms with Crippen molar-refractivity contribution in [2.24, 2.45) is 0 Å². The minimum Gasteiger partial charge on any atom is -0.383 e. The summed E-state index contributed by atoms with van der Waals surface area (Å²) < 4.78 is 6.34. The van der Waals surface area contributed by atoms with Crippen LogP contribution in [0.25, 0.3) is 10.1 Å². The maximum Gasteiger partial charge on any atom is 0.0587 e. The van der Waals surface area contributed by atoms with Crippen LogP contribution in [-0.2, 0) is 11.3 Å². The molecule has 1 N–H and O–H groups in total. The molecule has 15 heavy (non-hydrogen) atoms. The highest BCUT2D eigenvalue weighted by Gasteiger charge is 1.99. The first-order valence-electron chi connectivity index (χ1n) is 5.07. The van der Waals surface area contributed by atoms with Gasteiger partial charge in [0.05, 0.1) is 6.61 Å². The molecule has 1 heterocycles. The average molecular weight is 221 g/mol. The first-order chi connectivity index (χ1) is 7.40. The monoisotopic (exact) mass is 221 g/mol. The molecule has 3 heteroatoms. The van der Waals surface area contributed by atoms with Gasteiger partial charge >= 0.3 is 0 Å². The van der Waals surface area contributed by atoms with Crippen LogP contribution in [0.1, 0.15) is 4.88 Å². The lowest BCUT2D eigenvalue weighted by Crippen LogP contribution is -2.17. The summed E-state index contributed by atoms with van der Waals surface area (Å²) in [5, 5.41) is 4.69. The zero-order valence-corrected chi connectivity index (χ0v) is 9.64. The Balaban J connectivity index is 1.97. The van der Waals surface area contributed by atoms with E-state index in [1.807, 2.05) is 11.3 Å². The van der Waals surface area contributed by atoms with E-state index in [4.69, 9.17) is 4.74 Å². The average Bonchev–Trinajstić information content (AvgIpc) is 2.67. The number of methoxy groups -OCH3 is 1. The van der Waals surface area contributed by atoms with Crippen molar-refractivity contribution in [3.63, 3.8) is 0 Å². The third-order valence-corrected chi connectivity index (χ3v) is 3.37. The van der Waals surface area contributed by atoms with Crippen molar-refractivity contribution in [3.8, 4) is 0 Å². The Morgan fingerprint density at radius 2 is 2.20 bits per heavy atom. The summed E-state index contributed by atoms with van der Waals surface area (Å²) >= 11 is 1.85. The molecule has 1 aromatic carbocycles. The lowest BCUT2D eigenvalue weighted by molar-refractivity contribution is 0.199. The van der Waals surface area contributed by atoms with Gasteiger partial charge in [0.25, 0.3) is 0 Å². The molecule has 1 aromatic heterocycles. The quantitative estimate of drug-likeness (QED) is 0.784. The number of ether oxygens (including phenoxy) is 1. The second-order valence-corrected chi connectivity index (χ2v) is 4.59. The van der Waals surface area contributed by atoms with Crippen LogP contribution < -0.4 is 5.32 Å². The van der Waals surface area contributed by atoms with Gasteiger partial charge in [-0.25, -0.2) is 0 Å². The van der Waals surface area contributed by atoms with Crippen molar-refractivity contribution in [2.75, 3.05) is 20.3 Å². The van der Waals surface area contributed by atoms with Gasteiger partial charge in [0, 0.05) is 29.8 Å². The highest BCUT2D eigenvalue weighted by Crippen LogP contribution is 2.24. The van der Waals surface area contributed by atoms with Crippen molar-refractivity contribution >= 4 is 21.4 Å². The number of fused-ring (bicyclic) bond motifs is 1. The van der Waals surface area contributed by atoms with Gasteiger partial charge in [-0.3, -0.25) is 0 Å². The summed E-state index contributed by atoms with van der Waals surface area (Å²) in [7, 11) is 1.72. The normalized spacial score (nSPS) is 11.0. The van der Waals surface area contributed by atoms with Gasteiger partial charge in [-0.2, -0.15) is 0 Å². The number of hydrogen-bond donors (Lipinski definition) is 1. The number of rotatable bonds is 5. The molecule has 0 atom stereocenters. The Morgan fingerprint density at radius 1 is 1.33 bits per heavy atom. The number of thiophene rings is 1. The first kappa shape index (κ1) is 10.6. The van der Waals surface area contributed by atoms with Gasteiger partial charge in [-0.1, -0.05) is 18.2 Å². The summed E-state index contributed by atoms with van der Waals surface area (Å²) in [5.41, 5.74) is 0. The molecule has 0 amide bonds. The minimum atomic E-state index is 0.769. The van der Waals surface area contributed by atoms with Crippen LogP contribution in [-0.4, -0.2) is 20.3 Å². The molecule has 0 spiro atoms. The molecule has 0 fully saturated rings. The lowest BCUT2D eigenvalue weighted by atomic mass is 10.2. The minimum absolute atomic E-state index is 0.769. The van der Waals surface area contributed by atoms with Crippen molar-refractivity contribution in [1.82, 2.24) is 5.32 Å². The molecular weight excluding hydrogens is 206 g/mol. The highest BCUT2D eigenvalue weighted by atomic mass is 32.1. The Bertz CT molecular complexity index is 391. The molecule has 0 aliphatic carbocycles. The molecule has 2 aromatic rings. The van der Waals surface area contributed by atoms with E-state index in [2.05, 4.69) is 35.6 Å². The third-order valence-electron chi connectivity index (χ3n) is 2.26. The molecule has 0 radical (unpaired) electrons. The van der Waals surface area contributed by atoms with Crippen LogP contribution in [0.5, 0.6) is 0 Å². The molecule has 2 rings (SSSR count). The lowest BCUT2D eigenvalue weighted by Gasteiger charge is -2.00. The van der Waals surface area contributed by atoms with Crippen molar-refractivity contribution in [3.05, 3.63) is 35.2 Å². The standard InChI is InChI=1S/C12H15NOS/c1-14-7-6-13-9-11-8-10-4-2-3-5-12(10)15-11/h2-5,8,13H,6-7,9H2,1H3. The fourth-order valence-corrected chi connectivity index (χ4v) is 2.54. The molecule has 0 saturated heterocycles. The molecule has 2 nitrogen and oxygen atoms in total. The van der Waals surface area contributed by atoms with E-state index in [1.54, 1.807) is 7.11 Å². The summed E-state index contributed by atoms with van der Waals surface area (Å²) in [6.07, 6.45) is 0. The smallest absolute Gasteiger partial charge is 0.0587 e. The summed E-state index contributed by atoms with van der Waals surface area (Å²) in [6.45, 7) is 2.61. The summed E-state index contributed by atoms with van der Waals surface area (Å²) in [6, 6.07) is 10.7. The Hall–Kier alpha value is -0.900. The fourth-order valence-electron chi connectivity index (χ4n) is 1.51. The van der Waals surface area contributed by atoms with E-state index < -0.39 is 0 Å². The van der Waals surface area contributed by atoms with Gasteiger partial charge < -0.3 is 10.1 Å². The van der Waals surface area contributed by atoms with Gasteiger partial charge in [-0.15, -0.1) is 11.3 Å². The molecule has 0 bridgehead atoms.